The highest BCUT2D eigenvalue weighted by molar-refractivity contribution is 5.97. The summed E-state index contributed by atoms with van der Waals surface area (Å²) >= 11 is 0. The minimum atomic E-state index is -1.01. The van der Waals surface area contributed by atoms with Crippen LogP contribution in [0, 0.1) is 5.92 Å². The third-order valence-corrected chi connectivity index (χ3v) is 6.36. The van der Waals surface area contributed by atoms with Gasteiger partial charge in [-0.25, -0.2) is 0 Å². The normalized spacial score (nSPS) is 19.0. The summed E-state index contributed by atoms with van der Waals surface area (Å²) in [6, 6.07) is -0.245. The van der Waals surface area contributed by atoms with Gasteiger partial charge in [0, 0.05) is 30.8 Å². The Morgan fingerprint density at radius 2 is 2.00 bits per heavy atom. The fourth-order valence-corrected chi connectivity index (χ4v) is 4.57. The number of aromatic nitrogens is 3. The summed E-state index contributed by atoms with van der Waals surface area (Å²) in [5, 5.41) is 28.3. The summed E-state index contributed by atoms with van der Waals surface area (Å²) in [6.45, 7) is 8.21. The molecule has 1 saturated carbocycles. The molecular weight excluding hydrogens is 438 g/mol. The number of rotatable bonds is 7. The Labute approximate surface area is 197 Å². The second kappa shape index (κ2) is 8.90. The summed E-state index contributed by atoms with van der Waals surface area (Å²) in [5.74, 6) is -1.17. The smallest absolute Gasteiger partial charge is 0.291 e. The van der Waals surface area contributed by atoms with E-state index in [0.29, 0.717) is 24.3 Å². The van der Waals surface area contributed by atoms with Crippen LogP contribution in [0.5, 0.6) is 5.88 Å². The molecule has 1 atom stereocenters. The van der Waals surface area contributed by atoms with Crippen molar-refractivity contribution in [3.63, 3.8) is 0 Å². The summed E-state index contributed by atoms with van der Waals surface area (Å²) in [5.41, 5.74) is -1.28. The highest BCUT2D eigenvalue weighted by atomic mass is 16.3. The maximum absolute atomic E-state index is 13.1. The van der Waals surface area contributed by atoms with Gasteiger partial charge >= 0.3 is 0 Å². The van der Waals surface area contributed by atoms with Gasteiger partial charge in [0.1, 0.15) is 5.65 Å². The van der Waals surface area contributed by atoms with E-state index in [1.807, 2.05) is 13.8 Å². The first-order valence-electron chi connectivity index (χ1n) is 11.8. The molecule has 3 N–H and O–H groups in total. The van der Waals surface area contributed by atoms with Crippen molar-refractivity contribution < 1.29 is 19.8 Å². The molecule has 1 saturated heterocycles. The molecule has 184 valence electrons. The van der Waals surface area contributed by atoms with E-state index >= 15 is 0 Å². The van der Waals surface area contributed by atoms with E-state index in [9.17, 15) is 24.6 Å². The summed E-state index contributed by atoms with van der Waals surface area (Å²) in [6.07, 6.45) is 7.65. The molecule has 0 aromatic carbocycles. The Morgan fingerprint density at radius 3 is 2.62 bits per heavy atom. The topological polar surface area (TPSA) is 129 Å². The first-order chi connectivity index (χ1) is 16.0. The minimum Gasteiger partial charge on any atom is -0.494 e. The van der Waals surface area contributed by atoms with Gasteiger partial charge in [-0.1, -0.05) is 13.8 Å². The molecule has 2 aliphatic rings. The van der Waals surface area contributed by atoms with Gasteiger partial charge in [0.05, 0.1) is 17.8 Å². The second-order valence-corrected chi connectivity index (χ2v) is 10.3. The van der Waals surface area contributed by atoms with Crippen molar-refractivity contribution in [2.24, 2.45) is 5.92 Å². The van der Waals surface area contributed by atoms with E-state index in [1.54, 1.807) is 24.8 Å². The molecule has 1 unspecified atom stereocenters. The van der Waals surface area contributed by atoms with Gasteiger partial charge in [-0.15, -0.1) is 0 Å². The van der Waals surface area contributed by atoms with Gasteiger partial charge in [-0.2, -0.15) is 9.61 Å². The molecule has 0 bridgehead atoms. The Kier molecular flexibility index (Phi) is 6.28. The van der Waals surface area contributed by atoms with Crippen LogP contribution in [-0.4, -0.2) is 65.3 Å². The first kappa shape index (κ1) is 24.0. The molecule has 10 heteroatoms. The third kappa shape index (κ3) is 4.59. The Balaban J connectivity index is 1.73. The lowest BCUT2D eigenvalue weighted by Crippen LogP contribution is -2.47. The molecule has 2 amide bonds. The zero-order chi connectivity index (χ0) is 24.8. The molecule has 0 spiro atoms. The van der Waals surface area contributed by atoms with Gasteiger partial charge in [-0.3, -0.25) is 19.0 Å². The van der Waals surface area contributed by atoms with E-state index < -0.39 is 22.9 Å². The van der Waals surface area contributed by atoms with E-state index in [0.717, 1.165) is 30.2 Å². The average molecular weight is 472 g/mol. The maximum Gasteiger partial charge on any atom is 0.291 e. The van der Waals surface area contributed by atoms with E-state index in [-0.39, 0.29) is 29.5 Å². The highest BCUT2D eigenvalue weighted by Gasteiger charge is 2.37. The number of amides is 2. The van der Waals surface area contributed by atoms with Gasteiger partial charge in [0.2, 0.25) is 11.8 Å². The maximum atomic E-state index is 13.1. The van der Waals surface area contributed by atoms with Crippen LogP contribution >= 0.6 is 0 Å². The Hall–Kier alpha value is -3.14. The number of fused-ring (bicyclic) bond motifs is 1. The van der Waals surface area contributed by atoms with Crippen molar-refractivity contribution in [2.75, 3.05) is 6.54 Å². The molecule has 34 heavy (non-hydrogen) atoms. The minimum absolute atomic E-state index is 0.0287. The molecule has 0 radical (unpaired) electrons. The number of aromatic hydroxyl groups is 1. The van der Waals surface area contributed by atoms with Crippen molar-refractivity contribution in [3.05, 3.63) is 33.8 Å². The van der Waals surface area contributed by atoms with E-state index in [1.165, 1.54) is 16.8 Å². The molecular formula is C24H33N5O5. The standard InChI is InChI=1S/C24H33N5O5/c1-14(2)13-28-21-15(7-10-18(30)27-11-5-6-17(27)24(3,4)34)12-25-29(21)23(33)19(22(28)32)20(31)26-16-8-9-16/h7,10,12,14,16-17,32,34H,5-6,8-9,11,13H2,1-4H3,(H,26,31). The molecule has 1 aliphatic carbocycles. The van der Waals surface area contributed by atoms with E-state index in [4.69, 9.17) is 0 Å². The van der Waals surface area contributed by atoms with Crippen molar-refractivity contribution in [3.8, 4) is 5.88 Å². The van der Waals surface area contributed by atoms with Gasteiger partial charge in [0.25, 0.3) is 11.5 Å². The molecule has 3 heterocycles. The van der Waals surface area contributed by atoms with Crippen LogP contribution < -0.4 is 10.9 Å². The van der Waals surface area contributed by atoms with Crippen LogP contribution in [-0.2, 0) is 11.3 Å². The summed E-state index contributed by atoms with van der Waals surface area (Å²) in [7, 11) is 0. The number of likely N-dealkylation sites (tertiary alicyclic amines) is 1. The first-order valence-corrected chi connectivity index (χ1v) is 11.8. The molecule has 4 rings (SSSR count). The largest absolute Gasteiger partial charge is 0.494 e. The number of carbonyl (C=O) groups is 2. The van der Waals surface area contributed by atoms with Gasteiger partial charge in [0.15, 0.2) is 5.56 Å². The fourth-order valence-electron chi connectivity index (χ4n) is 4.57. The van der Waals surface area contributed by atoms with E-state index in [2.05, 4.69) is 10.4 Å². The SMILES string of the molecule is CC(C)Cn1c(O)c(C(=O)NC2CC2)c(=O)n2ncc(C=CC(=O)N3CCCC3C(C)(C)O)c12. The van der Waals surface area contributed by atoms with Crippen molar-refractivity contribution in [2.45, 2.75) is 77.6 Å². The number of carbonyl (C=O) groups excluding carboxylic acids is 2. The quantitative estimate of drug-likeness (QED) is 0.525. The van der Waals surface area contributed by atoms with Gasteiger partial charge < -0.3 is 20.4 Å². The van der Waals surface area contributed by atoms with Crippen LogP contribution in [0.1, 0.15) is 69.3 Å². The molecule has 2 aromatic rings. The van der Waals surface area contributed by atoms with Crippen molar-refractivity contribution in [1.29, 1.82) is 0 Å². The monoisotopic (exact) mass is 471 g/mol. The average Bonchev–Trinajstić information content (AvgIpc) is 3.25. The number of aliphatic hydroxyl groups is 1. The van der Waals surface area contributed by atoms with Crippen LogP contribution in [0.2, 0.25) is 0 Å². The summed E-state index contributed by atoms with van der Waals surface area (Å²) < 4.78 is 2.60. The fraction of sp³-hybridized carbons (Fsp3) is 0.583. The highest BCUT2D eigenvalue weighted by Crippen LogP contribution is 2.28. The zero-order valence-corrected chi connectivity index (χ0v) is 20.1. The van der Waals surface area contributed by atoms with Crippen LogP contribution in [0.3, 0.4) is 0 Å². The van der Waals surface area contributed by atoms with Crippen molar-refractivity contribution >= 4 is 23.5 Å². The predicted octanol–water partition coefficient (Wildman–Crippen LogP) is 1.52. The Bertz CT molecular complexity index is 1200. The molecule has 2 aromatic heterocycles. The van der Waals surface area contributed by atoms with Crippen LogP contribution in [0.25, 0.3) is 11.7 Å². The predicted molar refractivity (Wildman–Crippen MR) is 127 cm³/mol. The number of hydrogen-bond acceptors (Lipinski definition) is 6. The molecule has 1 aliphatic heterocycles. The van der Waals surface area contributed by atoms with Crippen LogP contribution in [0.4, 0.5) is 0 Å². The number of nitrogens with one attached hydrogen (secondary N) is 1. The van der Waals surface area contributed by atoms with Gasteiger partial charge in [-0.05, 0) is 51.5 Å². The third-order valence-electron chi connectivity index (χ3n) is 6.36. The Morgan fingerprint density at radius 1 is 1.29 bits per heavy atom. The number of hydrogen-bond donors (Lipinski definition) is 3. The number of nitrogens with zero attached hydrogens (tertiary/aromatic N) is 4. The zero-order valence-electron chi connectivity index (χ0n) is 20.1. The van der Waals surface area contributed by atoms with Crippen molar-refractivity contribution in [1.82, 2.24) is 24.4 Å². The van der Waals surface area contributed by atoms with Crippen LogP contribution in [0.15, 0.2) is 17.1 Å². The second-order valence-electron chi connectivity index (χ2n) is 10.3. The lowest BCUT2D eigenvalue weighted by molar-refractivity contribution is -0.131. The molecule has 2 fully saturated rings. The molecule has 10 nitrogen and oxygen atoms in total. The lowest BCUT2D eigenvalue weighted by atomic mass is 9.96. The lowest BCUT2D eigenvalue weighted by Gasteiger charge is -2.33. The summed E-state index contributed by atoms with van der Waals surface area (Å²) in [4.78, 5) is 40.3.